The van der Waals surface area contributed by atoms with E-state index in [1.54, 1.807) is 10.9 Å². The van der Waals surface area contributed by atoms with E-state index in [9.17, 15) is 0 Å². The molecule has 0 amide bonds. The van der Waals surface area contributed by atoms with Crippen LogP contribution >= 0.6 is 15.9 Å². The minimum atomic E-state index is -1.09. The summed E-state index contributed by atoms with van der Waals surface area (Å²) in [6, 6.07) is 6.82. The zero-order valence-corrected chi connectivity index (χ0v) is 15.9. The molecule has 0 bridgehead atoms. The minimum absolute atomic E-state index is 0.378. The molecule has 0 saturated carbocycles. The highest BCUT2D eigenvalue weighted by molar-refractivity contribution is 9.10. The van der Waals surface area contributed by atoms with Crippen LogP contribution in [0.5, 0.6) is 0 Å². The molecule has 7 heteroatoms. The number of nitrogens with zero attached hydrogens (tertiary/aromatic N) is 2. The molecule has 2 rings (SSSR count). The standard InChI is InChI=1S/C15H23BrN4OSi/c1-22(2,3)7-6-21-10-20-15(14(18)9-19-20)12-8-11(16)4-5-13(12)17/h4-5,8-9H,6-7,10,17-18H2,1-3H3. The number of hydrogen-bond donors (Lipinski definition) is 2. The van der Waals surface area contributed by atoms with Crippen molar-refractivity contribution in [1.82, 2.24) is 9.78 Å². The molecule has 0 unspecified atom stereocenters. The summed E-state index contributed by atoms with van der Waals surface area (Å²) in [6.45, 7) is 8.10. The summed E-state index contributed by atoms with van der Waals surface area (Å²) in [5.41, 5.74) is 15.1. The number of anilines is 2. The lowest BCUT2D eigenvalue weighted by atomic mass is 10.1. The van der Waals surface area contributed by atoms with E-state index in [2.05, 4.69) is 40.7 Å². The quantitative estimate of drug-likeness (QED) is 0.452. The third kappa shape index (κ3) is 4.34. The lowest BCUT2D eigenvalue weighted by Crippen LogP contribution is -2.22. The van der Waals surface area contributed by atoms with E-state index in [1.165, 1.54) is 0 Å². The molecule has 1 aromatic carbocycles. The first-order chi connectivity index (χ1) is 10.3. The van der Waals surface area contributed by atoms with E-state index in [1.807, 2.05) is 18.2 Å². The molecule has 22 heavy (non-hydrogen) atoms. The van der Waals surface area contributed by atoms with Crippen molar-refractivity contribution in [2.24, 2.45) is 0 Å². The molecule has 0 aliphatic heterocycles. The maximum absolute atomic E-state index is 6.08. The number of aromatic nitrogens is 2. The average molecular weight is 383 g/mol. The van der Waals surface area contributed by atoms with Crippen molar-refractivity contribution >= 4 is 35.4 Å². The molecule has 0 saturated heterocycles. The molecular weight excluding hydrogens is 360 g/mol. The third-order valence-electron chi connectivity index (χ3n) is 3.35. The fourth-order valence-corrected chi connectivity index (χ4v) is 3.17. The number of hydrogen-bond acceptors (Lipinski definition) is 4. The van der Waals surface area contributed by atoms with Crippen LogP contribution in [0.4, 0.5) is 11.4 Å². The summed E-state index contributed by atoms with van der Waals surface area (Å²) in [4.78, 5) is 0. The van der Waals surface area contributed by atoms with Crippen LogP contribution in [0.2, 0.25) is 25.7 Å². The van der Waals surface area contributed by atoms with Crippen molar-refractivity contribution < 1.29 is 4.74 Å². The van der Waals surface area contributed by atoms with Gasteiger partial charge in [0, 0.05) is 30.4 Å². The minimum Gasteiger partial charge on any atom is -0.398 e. The van der Waals surface area contributed by atoms with Gasteiger partial charge in [-0.2, -0.15) is 5.10 Å². The Kier molecular flexibility index (Phi) is 5.31. The Bertz CT molecular complexity index is 651. The van der Waals surface area contributed by atoms with Crippen LogP contribution in [0, 0.1) is 0 Å². The zero-order chi connectivity index (χ0) is 16.3. The third-order valence-corrected chi connectivity index (χ3v) is 5.55. The van der Waals surface area contributed by atoms with Gasteiger partial charge in [0.15, 0.2) is 0 Å². The number of rotatable bonds is 6. The van der Waals surface area contributed by atoms with Crippen LogP contribution in [0.1, 0.15) is 0 Å². The van der Waals surface area contributed by atoms with Gasteiger partial charge in [-0.05, 0) is 24.2 Å². The van der Waals surface area contributed by atoms with E-state index in [0.717, 1.165) is 28.4 Å². The Morgan fingerprint density at radius 3 is 2.64 bits per heavy atom. The van der Waals surface area contributed by atoms with Gasteiger partial charge in [0.1, 0.15) is 6.73 Å². The van der Waals surface area contributed by atoms with Crippen molar-refractivity contribution in [3.63, 3.8) is 0 Å². The molecule has 4 N–H and O–H groups in total. The van der Waals surface area contributed by atoms with Crippen molar-refractivity contribution in [1.29, 1.82) is 0 Å². The first kappa shape index (κ1) is 17.0. The predicted molar refractivity (Wildman–Crippen MR) is 98.3 cm³/mol. The Balaban J connectivity index is 2.16. The van der Waals surface area contributed by atoms with E-state index in [0.29, 0.717) is 18.1 Å². The highest BCUT2D eigenvalue weighted by Crippen LogP contribution is 2.32. The van der Waals surface area contributed by atoms with E-state index >= 15 is 0 Å². The molecule has 0 radical (unpaired) electrons. The molecule has 0 spiro atoms. The summed E-state index contributed by atoms with van der Waals surface area (Å²) >= 11 is 3.46. The summed E-state index contributed by atoms with van der Waals surface area (Å²) in [7, 11) is -1.09. The van der Waals surface area contributed by atoms with Gasteiger partial charge in [0.05, 0.1) is 17.6 Å². The van der Waals surface area contributed by atoms with Crippen LogP contribution in [0.15, 0.2) is 28.9 Å². The zero-order valence-electron chi connectivity index (χ0n) is 13.3. The maximum atomic E-state index is 6.08. The van der Waals surface area contributed by atoms with Crippen LogP contribution in [0.25, 0.3) is 11.3 Å². The van der Waals surface area contributed by atoms with Crippen LogP contribution in [0.3, 0.4) is 0 Å². The highest BCUT2D eigenvalue weighted by Gasteiger charge is 2.15. The van der Waals surface area contributed by atoms with Crippen LogP contribution in [-0.4, -0.2) is 24.5 Å². The summed E-state index contributed by atoms with van der Waals surface area (Å²) in [5.74, 6) is 0. The molecule has 5 nitrogen and oxygen atoms in total. The van der Waals surface area contributed by atoms with Crippen molar-refractivity contribution in [2.45, 2.75) is 32.4 Å². The predicted octanol–water partition coefficient (Wildman–Crippen LogP) is 3.79. The lowest BCUT2D eigenvalue weighted by Gasteiger charge is -2.16. The summed E-state index contributed by atoms with van der Waals surface area (Å²) in [5, 5.41) is 4.30. The molecular formula is C15H23BrN4OSi. The SMILES string of the molecule is C[Si](C)(C)CCOCn1ncc(N)c1-c1cc(Br)ccc1N. The molecule has 0 aliphatic rings. The van der Waals surface area contributed by atoms with Gasteiger partial charge < -0.3 is 16.2 Å². The van der Waals surface area contributed by atoms with Crippen LogP contribution in [-0.2, 0) is 11.5 Å². The maximum Gasteiger partial charge on any atom is 0.140 e. The number of ether oxygens (including phenoxy) is 1. The molecule has 120 valence electrons. The fourth-order valence-electron chi connectivity index (χ4n) is 2.06. The van der Waals surface area contributed by atoms with Crippen LogP contribution < -0.4 is 11.5 Å². The van der Waals surface area contributed by atoms with Gasteiger partial charge in [-0.3, -0.25) is 0 Å². The summed E-state index contributed by atoms with van der Waals surface area (Å²) < 4.78 is 8.48. The van der Waals surface area contributed by atoms with Gasteiger partial charge in [0.2, 0.25) is 0 Å². The van der Waals surface area contributed by atoms with E-state index in [4.69, 9.17) is 16.2 Å². The second kappa shape index (κ2) is 6.85. The molecule has 0 fully saturated rings. The molecule has 1 aromatic heterocycles. The Morgan fingerprint density at radius 2 is 1.95 bits per heavy atom. The molecule has 2 aromatic rings. The van der Waals surface area contributed by atoms with Crippen molar-refractivity contribution in [3.05, 3.63) is 28.9 Å². The molecule has 0 aliphatic carbocycles. The number of benzene rings is 1. The highest BCUT2D eigenvalue weighted by atomic mass is 79.9. The lowest BCUT2D eigenvalue weighted by molar-refractivity contribution is 0.0798. The largest absolute Gasteiger partial charge is 0.398 e. The number of halogens is 1. The first-order valence-corrected chi connectivity index (χ1v) is 11.7. The van der Waals surface area contributed by atoms with E-state index in [-0.39, 0.29) is 0 Å². The second-order valence-corrected chi connectivity index (χ2v) is 13.1. The summed E-state index contributed by atoms with van der Waals surface area (Å²) in [6.07, 6.45) is 1.64. The van der Waals surface area contributed by atoms with Gasteiger partial charge in [-0.1, -0.05) is 35.6 Å². The smallest absolute Gasteiger partial charge is 0.140 e. The Morgan fingerprint density at radius 1 is 1.23 bits per heavy atom. The Hall–Kier alpha value is -1.31. The van der Waals surface area contributed by atoms with Crippen molar-refractivity contribution in [2.75, 3.05) is 18.1 Å². The van der Waals surface area contributed by atoms with Gasteiger partial charge in [0.25, 0.3) is 0 Å². The number of nitrogens with two attached hydrogens (primary N) is 2. The van der Waals surface area contributed by atoms with Gasteiger partial charge >= 0.3 is 0 Å². The topological polar surface area (TPSA) is 79.1 Å². The fraction of sp³-hybridized carbons (Fsp3) is 0.400. The normalized spacial score (nSPS) is 11.8. The van der Waals surface area contributed by atoms with Gasteiger partial charge in [-0.15, -0.1) is 0 Å². The first-order valence-electron chi connectivity index (χ1n) is 7.22. The van der Waals surface area contributed by atoms with Crippen molar-refractivity contribution in [3.8, 4) is 11.3 Å². The number of nitrogen functional groups attached to an aromatic ring is 2. The molecule has 0 atom stereocenters. The molecule has 1 heterocycles. The average Bonchev–Trinajstić information content (AvgIpc) is 2.78. The van der Waals surface area contributed by atoms with Gasteiger partial charge in [-0.25, -0.2) is 4.68 Å². The monoisotopic (exact) mass is 382 g/mol. The Labute approximate surface area is 140 Å². The van der Waals surface area contributed by atoms with E-state index < -0.39 is 8.07 Å². The second-order valence-electron chi connectivity index (χ2n) is 6.53.